The second kappa shape index (κ2) is 4.70. The van der Waals surface area contributed by atoms with Gasteiger partial charge in [-0.15, -0.1) is 0 Å². The third kappa shape index (κ3) is 2.77. The number of aliphatic hydroxyl groups excluding tert-OH is 1. The SMILES string of the molecule is CCON[C@@H]1CCCC[C@H]1O. The summed E-state index contributed by atoms with van der Waals surface area (Å²) in [6, 6.07) is 0.156. The molecule has 3 heteroatoms. The summed E-state index contributed by atoms with van der Waals surface area (Å²) in [6.07, 6.45) is 4.06. The van der Waals surface area contributed by atoms with Crippen molar-refractivity contribution in [3.05, 3.63) is 0 Å². The molecular weight excluding hydrogens is 142 g/mol. The van der Waals surface area contributed by atoms with E-state index in [1.54, 1.807) is 0 Å². The van der Waals surface area contributed by atoms with Crippen molar-refractivity contribution in [3.63, 3.8) is 0 Å². The maximum atomic E-state index is 9.45. The molecule has 2 atom stereocenters. The van der Waals surface area contributed by atoms with E-state index in [2.05, 4.69) is 5.48 Å². The standard InChI is InChI=1S/C8H17NO2/c1-2-11-9-7-5-3-4-6-8(7)10/h7-10H,2-6H2,1H3/t7-,8-/m1/s1. The number of hydroxylamine groups is 1. The normalized spacial score (nSPS) is 32.2. The van der Waals surface area contributed by atoms with Crippen molar-refractivity contribution < 1.29 is 9.94 Å². The van der Waals surface area contributed by atoms with Crippen LogP contribution in [0.4, 0.5) is 0 Å². The van der Waals surface area contributed by atoms with Gasteiger partial charge in [-0.3, -0.25) is 0 Å². The number of rotatable bonds is 3. The Morgan fingerprint density at radius 2 is 2.18 bits per heavy atom. The van der Waals surface area contributed by atoms with E-state index in [1.807, 2.05) is 6.92 Å². The predicted octanol–water partition coefficient (Wildman–Crippen LogP) is 0.831. The fraction of sp³-hybridized carbons (Fsp3) is 1.00. The van der Waals surface area contributed by atoms with Crippen molar-refractivity contribution in [3.8, 4) is 0 Å². The Labute approximate surface area is 67.7 Å². The number of nitrogens with one attached hydrogen (secondary N) is 1. The molecule has 1 aliphatic rings. The third-order valence-electron chi connectivity index (χ3n) is 2.11. The van der Waals surface area contributed by atoms with Crippen LogP contribution in [0.25, 0.3) is 0 Å². The van der Waals surface area contributed by atoms with Crippen LogP contribution >= 0.6 is 0 Å². The zero-order valence-electron chi connectivity index (χ0n) is 7.05. The number of aliphatic hydroxyl groups is 1. The largest absolute Gasteiger partial charge is 0.391 e. The minimum atomic E-state index is -0.213. The summed E-state index contributed by atoms with van der Waals surface area (Å²) in [7, 11) is 0. The topological polar surface area (TPSA) is 41.5 Å². The molecule has 1 aliphatic carbocycles. The Bertz CT molecular complexity index is 108. The first-order chi connectivity index (χ1) is 5.34. The van der Waals surface area contributed by atoms with Crippen molar-refractivity contribution in [2.75, 3.05) is 6.61 Å². The van der Waals surface area contributed by atoms with Crippen molar-refractivity contribution >= 4 is 0 Å². The monoisotopic (exact) mass is 159 g/mol. The van der Waals surface area contributed by atoms with Crippen LogP contribution in [0, 0.1) is 0 Å². The zero-order valence-corrected chi connectivity index (χ0v) is 7.05. The van der Waals surface area contributed by atoms with Crippen LogP contribution in [0.1, 0.15) is 32.6 Å². The van der Waals surface area contributed by atoms with Crippen LogP contribution < -0.4 is 5.48 Å². The molecule has 0 aromatic rings. The smallest absolute Gasteiger partial charge is 0.0716 e. The molecular formula is C8H17NO2. The van der Waals surface area contributed by atoms with E-state index in [1.165, 1.54) is 6.42 Å². The molecule has 0 spiro atoms. The first-order valence-electron chi connectivity index (χ1n) is 4.40. The minimum Gasteiger partial charge on any atom is -0.391 e. The van der Waals surface area contributed by atoms with E-state index < -0.39 is 0 Å². The maximum Gasteiger partial charge on any atom is 0.0716 e. The average Bonchev–Trinajstić information content (AvgIpc) is 2.03. The van der Waals surface area contributed by atoms with Crippen molar-refractivity contribution in [1.29, 1.82) is 0 Å². The third-order valence-corrected chi connectivity index (χ3v) is 2.11. The highest BCUT2D eigenvalue weighted by atomic mass is 16.6. The summed E-state index contributed by atoms with van der Waals surface area (Å²) < 4.78 is 0. The van der Waals surface area contributed by atoms with Gasteiger partial charge in [-0.05, 0) is 19.8 Å². The van der Waals surface area contributed by atoms with Crippen LogP contribution in [-0.4, -0.2) is 23.9 Å². The second-order valence-electron chi connectivity index (χ2n) is 3.01. The van der Waals surface area contributed by atoms with Gasteiger partial charge in [-0.2, -0.15) is 5.48 Å². The molecule has 66 valence electrons. The van der Waals surface area contributed by atoms with E-state index >= 15 is 0 Å². The molecule has 0 saturated heterocycles. The summed E-state index contributed by atoms with van der Waals surface area (Å²) in [4.78, 5) is 5.03. The van der Waals surface area contributed by atoms with E-state index in [0.717, 1.165) is 19.3 Å². The first-order valence-corrected chi connectivity index (χ1v) is 4.40. The summed E-state index contributed by atoms with van der Waals surface area (Å²) in [6.45, 7) is 2.59. The highest BCUT2D eigenvalue weighted by molar-refractivity contribution is 4.77. The lowest BCUT2D eigenvalue weighted by molar-refractivity contribution is -0.0311. The quantitative estimate of drug-likeness (QED) is 0.599. The van der Waals surface area contributed by atoms with Gasteiger partial charge in [0.15, 0.2) is 0 Å². The molecule has 0 bridgehead atoms. The lowest BCUT2D eigenvalue weighted by atomic mass is 9.93. The molecule has 1 saturated carbocycles. The molecule has 1 fully saturated rings. The van der Waals surface area contributed by atoms with Gasteiger partial charge in [0.25, 0.3) is 0 Å². The molecule has 0 radical (unpaired) electrons. The molecule has 3 nitrogen and oxygen atoms in total. The molecule has 0 heterocycles. The Balaban J connectivity index is 2.18. The van der Waals surface area contributed by atoms with Gasteiger partial charge in [0, 0.05) is 0 Å². The molecule has 0 aliphatic heterocycles. The predicted molar refractivity (Wildman–Crippen MR) is 43.0 cm³/mol. The summed E-state index contributed by atoms with van der Waals surface area (Å²) in [5.74, 6) is 0. The average molecular weight is 159 g/mol. The Morgan fingerprint density at radius 1 is 1.45 bits per heavy atom. The molecule has 0 amide bonds. The van der Waals surface area contributed by atoms with Crippen LogP contribution in [0.5, 0.6) is 0 Å². The van der Waals surface area contributed by atoms with E-state index in [0.29, 0.717) is 6.61 Å². The van der Waals surface area contributed by atoms with Crippen molar-refractivity contribution in [2.24, 2.45) is 0 Å². The van der Waals surface area contributed by atoms with E-state index in [-0.39, 0.29) is 12.1 Å². The van der Waals surface area contributed by atoms with Crippen LogP contribution in [0.2, 0.25) is 0 Å². The van der Waals surface area contributed by atoms with Gasteiger partial charge in [-0.25, -0.2) is 0 Å². The van der Waals surface area contributed by atoms with E-state index in [9.17, 15) is 5.11 Å². The van der Waals surface area contributed by atoms with Gasteiger partial charge in [0.1, 0.15) is 0 Å². The zero-order chi connectivity index (χ0) is 8.10. The van der Waals surface area contributed by atoms with Gasteiger partial charge >= 0.3 is 0 Å². The van der Waals surface area contributed by atoms with E-state index in [4.69, 9.17) is 4.84 Å². The van der Waals surface area contributed by atoms with Gasteiger partial charge in [-0.1, -0.05) is 12.8 Å². The lowest BCUT2D eigenvalue weighted by Crippen LogP contribution is -2.41. The molecule has 11 heavy (non-hydrogen) atoms. The van der Waals surface area contributed by atoms with Gasteiger partial charge in [0.2, 0.25) is 0 Å². The van der Waals surface area contributed by atoms with Gasteiger partial charge < -0.3 is 9.94 Å². The molecule has 1 rings (SSSR count). The highest BCUT2D eigenvalue weighted by Gasteiger charge is 2.22. The minimum absolute atomic E-state index is 0.156. The second-order valence-corrected chi connectivity index (χ2v) is 3.01. The summed E-state index contributed by atoms with van der Waals surface area (Å²) in [5, 5.41) is 9.45. The van der Waals surface area contributed by atoms with Gasteiger partial charge in [0.05, 0.1) is 18.8 Å². The van der Waals surface area contributed by atoms with Crippen LogP contribution in [0.15, 0.2) is 0 Å². The molecule has 0 aromatic carbocycles. The highest BCUT2D eigenvalue weighted by Crippen LogP contribution is 2.17. The summed E-state index contributed by atoms with van der Waals surface area (Å²) >= 11 is 0. The molecule has 2 N–H and O–H groups in total. The Hall–Kier alpha value is -0.120. The number of hydrogen-bond donors (Lipinski definition) is 2. The fourth-order valence-corrected chi connectivity index (χ4v) is 1.44. The number of hydrogen-bond acceptors (Lipinski definition) is 3. The Kier molecular flexibility index (Phi) is 3.83. The maximum absolute atomic E-state index is 9.45. The van der Waals surface area contributed by atoms with Crippen molar-refractivity contribution in [2.45, 2.75) is 44.8 Å². The Morgan fingerprint density at radius 3 is 2.82 bits per heavy atom. The van der Waals surface area contributed by atoms with Crippen molar-refractivity contribution in [1.82, 2.24) is 5.48 Å². The fourth-order valence-electron chi connectivity index (χ4n) is 1.44. The molecule has 0 aromatic heterocycles. The van der Waals surface area contributed by atoms with Crippen LogP contribution in [-0.2, 0) is 4.84 Å². The summed E-state index contributed by atoms with van der Waals surface area (Å²) in [5.41, 5.74) is 2.87. The lowest BCUT2D eigenvalue weighted by Gasteiger charge is -2.27. The first kappa shape index (κ1) is 8.97. The van der Waals surface area contributed by atoms with Crippen LogP contribution in [0.3, 0.4) is 0 Å². The molecule has 0 unspecified atom stereocenters.